The number of nitrogens with one attached hydrogen (secondary N) is 1. The highest BCUT2D eigenvalue weighted by Crippen LogP contribution is 2.29. The van der Waals surface area contributed by atoms with Gasteiger partial charge in [-0.2, -0.15) is 0 Å². The lowest BCUT2D eigenvalue weighted by molar-refractivity contribution is 0.0884. The fraction of sp³-hybridized carbons (Fsp3) is 0.389. The molecular formula is C18H20FNO. The van der Waals surface area contributed by atoms with Crippen LogP contribution in [0.4, 0.5) is 4.39 Å². The minimum absolute atomic E-state index is 0.101. The normalized spacial score (nSPS) is 17.6. The van der Waals surface area contributed by atoms with Gasteiger partial charge in [0.1, 0.15) is 5.82 Å². The molecule has 1 saturated carbocycles. The number of hydrogen-bond acceptors (Lipinski definition) is 1. The Morgan fingerprint density at radius 3 is 2.43 bits per heavy atom. The van der Waals surface area contributed by atoms with Gasteiger partial charge in [-0.15, -0.1) is 0 Å². The number of amides is 1. The summed E-state index contributed by atoms with van der Waals surface area (Å²) in [4.78, 5) is 12.6. The highest BCUT2D eigenvalue weighted by molar-refractivity contribution is 6.07. The molecule has 1 N–H and O–H groups in total. The van der Waals surface area contributed by atoms with Crippen molar-refractivity contribution in [1.82, 2.24) is 5.32 Å². The Kier molecular flexibility index (Phi) is 3.66. The summed E-state index contributed by atoms with van der Waals surface area (Å²) in [6.45, 7) is 2.11. The van der Waals surface area contributed by atoms with E-state index < -0.39 is 0 Å². The van der Waals surface area contributed by atoms with E-state index in [0.717, 1.165) is 25.7 Å². The smallest absolute Gasteiger partial charge is 0.252 e. The first-order chi connectivity index (χ1) is 10.1. The molecule has 2 aromatic rings. The van der Waals surface area contributed by atoms with E-state index in [0.29, 0.717) is 16.3 Å². The number of carbonyl (C=O) groups is 1. The number of rotatable bonds is 2. The Labute approximate surface area is 124 Å². The molecular weight excluding hydrogens is 265 g/mol. The number of carbonyl (C=O) groups excluding carboxylic acids is 1. The topological polar surface area (TPSA) is 29.1 Å². The molecule has 0 bridgehead atoms. The van der Waals surface area contributed by atoms with Crippen LogP contribution < -0.4 is 5.32 Å². The van der Waals surface area contributed by atoms with Gasteiger partial charge in [-0.3, -0.25) is 4.79 Å². The fourth-order valence-corrected chi connectivity index (χ4v) is 3.26. The van der Waals surface area contributed by atoms with Crippen molar-refractivity contribution < 1.29 is 9.18 Å². The molecule has 0 aromatic heterocycles. The fourth-order valence-electron chi connectivity index (χ4n) is 3.26. The van der Waals surface area contributed by atoms with Crippen LogP contribution in [-0.4, -0.2) is 11.4 Å². The molecule has 3 heteroatoms. The molecule has 0 unspecified atom stereocenters. The summed E-state index contributed by atoms with van der Waals surface area (Å²) in [7, 11) is 0. The van der Waals surface area contributed by atoms with Gasteiger partial charge in [-0.05, 0) is 37.3 Å². The Hall–Kier alpha value is -1.90. The predicted octanol–water partition coefficient (Wildman–Crippen LogP) is 4.43. The van der Waals surface area contributed by atoms with Crippen molar-refractivity contribution in [2.75, 3.05) is 0 Å². The second kappa shape index (κ2) is 5.47. The maximum absolute atomic E-state index is 13.8. The molecule has 0 aliphatic heterocycles. The van der Waals surface area contributed by atoms with Crippen molar-refractivity contribution in [1.29, 1.82) is 0 Å². The highest BCUT2D eigenvalue weighted by Gasteiger charge is 2.29. The van der Waals surface area contributed by atoms with E-state index >= 15 is 0 Å². The van der Waals surface area contributed by atoms with Gasteiger partial charge < -0.3 is 5.32 Å². The van der Waals surface area contributed by atoms with Crippen molar-refractivity contribution in [2.24, 2.45) is 0 Å². The molecule has 3 rings (SSSR count). The molecule has 2 aromatic carbocycles. The first-order valence-electron chi connectivity index (χ1n) is 7.59. The molecule has 2 nitrogen and oxygen atoms in total. The third-order valence-electron chi connectivity index (χ3n) is 4.49. The minimum Gasteiger partial charge on any atom is -0.347 e. The van der Waals surface area contributed by atoms with Gasteiger partial charge in [0.15, 0.2) is 0 Å². The largest absolute Gasteiger partial charge is 0.347 e. The first kappa shape index (κ1) is 14.1. The molecule has 1 aliphatic carbocycles. The van der Waals surface area contributed by atoms with E-state index in [2.05, 4.69) is 12.2 Å². The third-order valence-corrected chi connectivity index (χ3v) is 4.49. The molecule has 0 atom stereocenters. The monoisotopic (exact) mass is 285 g/mol. The summed E-state index contributed by atoms with van der Waals surface area (Å²) >= 11 is 0. The van der Waals surface area contributed by atoms with Gasteiger partial charge in [-0.25, -0.2) is 4.39 Å². The van der Waals surface area contributed by atoms with E-state index in [4.69, 9.17) is 0 Å². The zero-order valence-electron chi connectivity index (χ0n) is 12.3. The Bertz CT molecular complexity index is 674. The van der Waals surface area contributed by atoms with Crippen molar-refractivity contribution in [3.63, 3.8) is 0 Å². The predicted molar refractivity (Wildman–Crippen MR) is 82.9 cm³/mol. The summed E-state index contributed by atoms with van der Waals surface area (Å²) < 4.78 is 13.8. The Morgan fingerprint density at radius 1 is 1.05 bits per heavy atom. The summed E-state index contributed by atoms with van der Waals surface area (Å²) in [5.74, 6) is -0.387. The number of hydrogen-bond donors (Lipinski definition) is 1. The van der Waals surface area contributed by atoms with Crippen LogP contribution in [0, 0.1) is 5.82 Å². The molecule has 1 amide bonds. The molecule has 1 aliphatic rings. The number of fused-ring (bicyclic) bond motifs is 1. The molecule has 1 fully saturated rings. The summed E-state index contributed by atoms with van der Waals surface area (Å²) in [6, 6.07) is 10.1. The average Bonchev–Trinajstić information content (AvgIpc) is 2.48. The van der Waals surface area contributed by atoms with Crippen LogP contribution in [0.15, 0.2) is 36.4 Å². The molecule has 110 valence electrons. The SMILES string of the molecule is CC1(NC(=O)c2ccc(F)c3ccccc23)CCCCC1. The third kappa shape index (κ3) is 2.78. The zero-order valence-corrected chi connectivity index (χ0v) is 12.3. The van der Waals surface area contributed by atoms with Gasteiger partial charge in [0.05, 0.1) is 0 Å². The molecule has 0 spiro atoms. The highest BCUT2D eigenvalue weighted by atomic mass is 19.1. The molecule has 21 heavy (non-hydrogen) atoms. The average molecular weight is 285 g/mol. The van der Waals surface area contributed by atoms with Crippen LogP contribution in [0.2, 0.25) is 0 Å². The molecule has 0 saturated heterocycles. The van der Waals surface area contributed by atoms with E-state index in [9.17, 15) is 9.18 Å². The lowest BCUT2D eigenvalue weighted by Crippen LogP contribution is -2.47. The second-order valence-corrected chi connectivity index (χ2v) is 6.22. The Balaban J connectivity index is 1.93. The van der Waals surface area contributed by atoms with Gasteiger partial charge >= 0.3 is 0 Å². The minimum atomic E-state index is -0.286. The maximum atomic E-state index is 13.8. The standard InChI is InChI=1S/C18H20FNO/c1-18(11-5-2-6-12-18)20-17(21)15-9-10-16(19)14-8-4-3-7-13(14)15/h3-4,7-10H,2,5-6,11-12H2,1H3,(H,20,21). The van der Waals surface area contributed by atoms with Crippen LogP contribution in [0.1, 0.15) is 49.4 Å². The maximum Gasteiger partial charge on any atom is 0.252 e. The van der Waals surface area contributed by atoms with Gasteiger partial charge in [0.25, 0.3) is 5.91 Å². The van der Waals surface area contributed by atoms with Gasteiger partial charge in [0.2, 0.25) is 0 Å². The van der Waals surface area contributed by atoms with Gasteiger partial charge in [-0.1, -0.05) is 43.5 Å². The quantitative estimate of drug-likeness (QED) is 0.868. The van der Waals surface area contributed by atoms with E-state index in [1.165, 1.54) is 12.5 Å². The van der Waals surface area contributed by atoms with Crippen molar-refractivity contribution in [3.8, 4) is 0 Å². The first-order valence-corrected chi connectivity index (χ1v) is 7.59. The number of benzene rings is 2. The van der Waals surface area contributed by atoms with Gasteiger partial charge in [0, 0.05) is 16.5 Å². The van der Waals surface area contributed by atoms with Crippen molar-refractivity contribution >= 4 is 16.7 Å². The second-order valence-electron chi connectivity index (χ2n) is 6.22. The molecule has 0 heterocycles. The summed E-state index contributed by atoms with van der Waals surface area (Å²) in [5, 5.41) is 4.34. The van der Waals surface area contributed by atoms with E-state index in [1.807, 2.05) is 6.07 Å². The Morgan fingerprint density at radius 2 is 1.71 bits per heavy atom. The van der Waals surface area contributed by atoms with Crippen LogP contribution >= 0.6 is 0 Å². The number of halogens is 1. The molecule has 0 radical (unpaired) electrons. The van der Waals surface area contributed by atoms with Crippen LogP contribution in [0.25, 0.3) is 10.8 Å². The summed E-state index contributed by atoms with van der Waals surface area (Å²) in [5.41, 5.74) is 0.420. The lowest BCUT2D eigenvalue weighted by Gasteiger charge is -2.34. The summed E-state index contributed by atoms with van der Waals surface area (Å²) in [6.07, 6.45) is 5.57. The van der Waals surface area contributed by atoms with E-state index in [1.54, 1.807) is 24.3 Å². The lowest BCUT2D eigenvalue weighted by atomic mass is 9.83. The van der Waals surface area contributed by atoms with Crippen molar-refractivity contribution in [2.45, 2.75) is 44.6 Å². The van der Waals surface area contributed by atoms with Crippen LogP contribution in [0.3, 0.4) is 0 Å². The van der Waals surface area contributed by atoms with Crippen molar-refractivity contribution in [3.05, 3.63) is 47.8 Å². The van der Waals surface area contributed by atoms with Crippen LogP contribution in [0.5, 0.6) is 0 Å². The van der Waals surface area contributed by atoms with Crippen LogP contribution in [-0.2, 0) is 0 Å². The van der Waals surface area contributed by atoms with E-state index in [-0.39, 0.29) is 17.3 Å². The zero-order chi connectivity index (χ0) is 14.9.